The fourth-order valence-electron chi connectivity index (χ4n) is 2.95. The molecule has 8 nitrogen and oxygen atoms in total. The van der Waals surface area contributed by atoms with Crippen molar-refractivity contribution < 1.29 is 19.2 Å². The van der Waals surface area contributed by atoms with Gasteiger partial charge in [-0.05, 0) is 57.4 Å². The average molecular weight is 543 g/mol. The molecule has 0 saturated heterocycles. The molecule has 1 N–H and O–H groups in total. The summed E-state index contributed by atoms with van der Waals surface area (Å²) in [7, 11) is 1.45. The zero-order valence-corrected chi connectivity index (χ0v) is 20.1. The monoisotopic (exact) mass is 541 g/mol. The van der Waals surface area contributed by atoms with Crippen molar-refractivity contribution in [2.24, 2.45) is 0 Å². The van der Waals surface area contributed by atoms with Gasteiger partial charge in [0.2, 0.25) is 0 Å². The summed E-state index contributed by atoms with van der Waals surface area (Å²) in [6.45, 7) is 0.0650. The SMILES string of the molecule is COc1cc(/C=C(\C#N)C(=O)Nc2ccccc2Cl)cc(Br)c1OCc1cccc([N+](=O)[O-])c1. The number of methoxy groups -OCH3 is 1. The van der Waals surface area contributed by atoms with Crippen molar-refractivity contribution in [3.8, 4) is 17.6 Å². The van der Waals surface area contributed by atoms with E-state index >= 15 is 0 Å². The highest BCUT2D eigenvalue weighted by Gasteiger charge is 2.15. The molecule has 0 aromatic heterocycles. The summed E-state index contributed by atoms with van der Waals surface area (Å²) < 4.78 is 11.7. The van der Waals surface area contributed by atoms with E-state index in [4.69, 9.17) is 21.1 Å². The second kappa shape index (κ2) is 11.3. The molecule has 172 valence electrons. The predicted octanol–water partition coefficient (Wildman–Crippen LogP) is 6.14. The molecule has 0 radical (unpaired) electrons. The van der Waals surface area contributed by atoms with Gasteiger partial charge in [-0.2, -0.15) is 5.26 Å². The fourth-order valence-corrected chi connectivity index (χ4v) is 3.70. The molecule has 0 heterocycles. The van der Waals surface area contributed by atoms with Crippen molar-refractivity contribution in [3.05, 3.63) is 97.0 Å². The third kappa shape index (κ3) is 6.13. The number of carbonyl (C=O) groups excluding carboxylic acids is 1. The van der Waals surface area contributed by atoms with Gasteiger partial charge in [0, 0.05) is 12.1 Å². The van der Waals surface area contributed by atoms with Crippen LogP contribution in [0, 0.1) is 21.4 Å². The molecular weight excluding hydrogens is 526 g/mol. The van der Waals surface area contributed by atoms with Crippen LogP contribution in [0.15, 0.2) is 70.7 Å². The van der Waals surface area contributed by atoms with Crippen molar-refractivity contribution >= 4 is 50.9 Å². The van der Waals surface area contributed by atoms with Gasteiger partial charge in [-0.3, -0.25) is 14.9 Å². The van der Waals surface area contributed by atoms with Crippen LogP contribution < -0.4 is 14.8 Å². The maximum Gasteiger partial charge on any atom is 0.269 e. The number of halogens is 2. The largest absolute Gasteiger partial charge is 0.493 e. The van der Waals surface area contributed by atoms with E-state index in [-0.39, 0.29) is 17.9 Å². The van der Waals surface area contributed by atoms with E-state index in [9.17, 15) is 20.2 Å². The number of non-ortho nitro benzene ring substituents is 1. The topological polar surface area (TPSA) is 114 Å². The lowest BCUT2D eigenvalue weighted by atomic mass is 10.1. The minimum Gasteiger partial charge on any atom is -0.493 e. The first-order chi connectivity index (χ1) is 16.3. The summed E-state index contributed by atoms with van der Waals surface area (Å²) in [5.74, 6) is 0.0942. The Kier molecular flexibility index (Phi) is 8.24. The molecule has 3 aromatic rings. The third-order valence-electron chi connectivity index (χ3n) is 4.55. The van der Waals surface area contributed by atoms with Crippen LogP contribution in [0.5, 0.6) is 11.5 Å². The Morgan fingerprint density at radius 2 is 2.00 bits per heavy atom. The first kappa shape index (κ1) is 24.8. The standard InChI is InChI=1S/C24H17BrClN3O5/c1-33-22-12-16(9-17(13-27)24(30)28-21-8-3-2-7-20(21)26)11-19(25)23(22)34-14-15-5-4-6-18(10-15)29(31)32/h2-12H,14H2,1H3,(H,28,30)/b17-9+. The number of benzene rings is 3. The molecule has 10 heteroatoms. The molecule has 0 aliphatic heterocycles. The lowest BCUT2D eigenvalue weighted by molar-refractivity contribution is -0.384. The Hall–Kier alpha value is -3.87. The summed E-state index contributed by atoms with van der Waals surface area (Å²) >= 11 is 9.48. The molecule has 3 aromatic carbocycles. The summed E-state index contributed by atoms with van der Waals surface area (Å²) in [4.78, 5) is 23.1. The molecule has 0 aliphatic rings. The van der Waals surface area contributed by atoms with E-state index in [0.29, 0.717) is 37.8 Å². The highest BCUT2D eigenvalue weighted by molar-refractivity contribution is 9.10. The second-order valence-corrected chi connectivity index (χ2v) is 8.12. The number of anilines is 1. The van der Waals surface area contributed by atoms with Gasteiger partial charge in [0.1, 0.15) is 18.2 Å². The first-order valence-corrected chi connectivity index (χ1v) is 10.9. The number of nitro benzene ring substituents is 1. The van der Waals surface area contributed by atoms with Gasteiger partial charge >= 0.3 is 0 Å². The van der Waals surface area contributed by atoms with Gasteiger partial charge in [-0.15, -0.1) is 0 Å². The quantitative estimate of drug-likeness (QED) is 0.158. The number of nitrogens with one attached hydrogen (secondary N) is 1. The Morgan fingerprint density at radius 3 is 2.68 bits per heavy atom. The molecule has 0 atom stereocenters. The van der Waals surface area contributed by atoms with Gasteiger partial charge in [0.05, 0.1) is 27.2 Å². The Balaban J connectivity index is 1.83. The number of ether oxygens (including phenoxy) is 2. The summed E-state index contributed by atoms with van der Waals surface area (Å²) in [6.07, 6.45) is 1.41. The van der Waals surface area contributed by atoms with Crippen LogP contribution in [0.3, 0.4) is 0 Å². The van der Waals surface area contributed by atoms with E-state index in [1.165, 1.54) is 25.3 Å². The molecule has 0 unspecified atom stereocenters. The first-order valence-electron chi connectivity index (χ1n) is 9.73. The molecule has 34 heavy (non-hydrogen) atoms. The highest BCUT2D eigenvalue weighted by atomic mass is 79.9. The van der Waals surface area contributed by atoms with Gasteiger partial charge in [0.15, 0.2) is 11.5 Å². The van der Waals surface area contributed by atoms with E-state index in [2.05, 4.69) is 21.2 Å². The normalized spacial score (nSPS) is 10.8. The van der Waals surface area contributed by atoms with Gasteiger partial charge < -0.3 is 14.8 Å². The number of hydrogen-bond donors (Lipinski definition) is 1. The zero-order chi connectivity index (χ0) is 24.7. The average Bonchev–Trinajstić information content (AvgIpc) is 2.83. The molecule has 3 rings (SSSR count). The van der Waals surface area contributed by atoms with Crippen LogP contribution in [-0.4, -0.2) is 17.9 Å². The van der Waals surface area contributed by atoms with Crippen LogP contribution in [-0.2, 0) is 11.4 Å². The highest BCUT2D eigenvalue weighted by Crippen LogP contribution is 2.38. The predicted molar refractivity (Wildman–Crippen MR) is 132 cm³/mol. The number of rotatable bonds is 8. The van der Waals surface area contributed by atoms with E-state index in [1.54, 1.807) is 48.5 Å². The van der Waals surface area contributed by atoms with Crippen molar-refractivity contribution in [3.63, 3.8) is 0 Å². The van der Waals surface area contributed by atoms with Crippen molar-refractivity contribution in [1.29, 1.82) is 5.26 Å². The maximum atomic E-state index is 12.6. The van der Waals surface area contributed by atoms with Gasteiger partial charge in [-0.1, -0.05) is 35.9 Å². The smallest absolute Gasteiger partial charge is 0.269 e. The van der Waals surface area contributed by atoms with Crippen LogP contribution in [0.4, 0.5) is 11.4 Å². The van der Waals surface area contributed by atoms with Crippen molar-refractivity contribution in [2.45, 2.75) is 6.61 Å². The lowest BCUT2D eigenvalue weighted by Gasteiger charge is -2.14. The Bertz CT molecular complexity index is 1320. The number of nitro groups is 1. The number of para-hydroxylation sites is 1. The second-order valence-electron chi connectivity index (χ2n) is 6.85. The van der Waals surface area contributed by atoms with Crippen LogP contribution in [0.1, 0.15) is 11.1 Å². The van der Waals surface area contributed by atoms with E-state index < -0.39 is 10.8 Å². The molecule has 0 saturated carbocycles. The van der Waals surface area contributed by atoms with Crippen LogP contribution in [0.25, 0.3) is 6.08 Å². The third-order valence-corrected chi connectivity index (χ3v) is 5.47. The molecule has 1 amide bonds. The maximum absolute atomic E-state index is 12.6. The molecule has 0 aliphatic carbocycles. The Morgan fingerprint density at radius 1 is 1.24 bits per heavy atom. The summed E-state index contributed by atoms with van der Waals surface area (Å²) in [5, 5.41) is 23.4. The minimum absolute atomic E-state index is 0.0354. The van der Waals surface area contributed by atoms with Crippen LogP contribution in [0.2, 0.25) is 5.02 Å². The zero-order valence-electron chi connectivity index (χ0n) is 17.7. The Labute approximate surface area is 208 Å². The number of nitrogens with zero attached hydrogens (tertiary/aromatic N) is 2. The van der Waals surface area contributed by atoms with Gasteiger partial charge in [0.25, 0.3) is 11.6 Å². The molecule has 0 fully saturated rings. The number of hydrogen-bond acceptors (Lipinski definition) is 6. The molecule has 0 spiro atoms. The molecular formula is C24H17BrClN3O5. The van der Waals surface area contributed by atoms with Crippen LogP contribution >= 0.6 is 27.5 Å². The lowest BCUT2D eigenvalue weighted by Crippen LogP contribution is -2.13. The summed E-state index contributed by atoms with van der Waals surface area (Å²) in [5.41, 5.74) is 1.33. The fraction of sp³-hybridized carbons (Fsp3) is 0.0833. The van der Waals surface area contributed by atoms with E-state index in [0.717, 1.165) is 0 Å². The molecule has 0 bridgehead atoms. The summed E-state index contributed by atoms with van der Waals surface area (Å²) in [6, 6.07) is 18.0. The van der Waals surface area contributed by atoms with Crippen molar-refractivity contribution in [2.75, 3.05) is 12.4 Å². The number of nitriles is 1. The number of amides is 1. The van der Waals surface area contributed by atoms with Crippen molar-refractivity contribution in [1.82, 2.24) is 0 Å². The van der Waals surface area contributed by atoms with Gasteiger partial charge in [-0.25, -0.2) is 0 Å². The van der Waals surface area contributed by atoms with E-state index in [1.807, 2.05) is 6.07 Å². The number of carbonyl (C=O) groups is 1. The minimum atomic E-state index is -0.614.